The number of rotatable bonds is 1. The van der Waals surface area contributed by atoms with E-state index in [1.165, 1.54) is 5.56 Å². The molecule has 0 N–H and O–H groups in total. The molecular weight excluding hydrogens is 227 g/mol. The third-order valence-electron chi connectivity index (χ3n) is 2.29. The summed E-state index contributed by atoms with van der Waals surface area (Å²) in [5.41, 5.74) is 3.37. The van der Waals surface area contributed by atoms with E-state index in [9.17, 15) is 0 Å². The minimum Gasteiger partial charge on any atom is -0.0843 e. The van der Waals surface area contributed by atoms with Gasteiger partial charge in [0.05, 0.1) is 0 Å². The van der Waals surface area contributed by atoms with Crippen LogP contribution >= 0.6 is 23.2 Å². The predicted molar refractivity (Wildman–Crippen MR) is 66.6 cm³/mol. The van der Waals surface area contributed by atoms with Crippen LogP contribution in [-0.4, -0.2) is 0 Å². The van der Waals surface area contributed by atoms with E-state index in [0.717, 1.165) is 11.1 Å². The van der Waals surface area contributed by atoms with E-state index in [4.69, 9.17) is 23.2 Å². The molecule has 0 saturated carbocycles. The van der Waals surface area contributed by atoms with E-state index >= 15 is 0 Å². The van der Waals surface area contributed by atoms with Crippen LogP contribution < -0.4 is 0 Å². The number of benzene rings is 2. The molecule has 0 aliphatic rings. The van der Waals surface area contributed by atoms with E-state index in [1.807, 2.05) is 12.1 Å². The van der Waals surface area contributed by atoms with Gasteiger partial charge in [0, 0.05) is 15.6 Å². The van der Waals surface area contributed by atoms with Gasteiger partial charge in [-0.1, -0.05) is 59.1 Å². The van der Waals surface area contributed by atoms with Crippen LogP contribution in [0.5, 0.6) is 0 Å². The Morgan fingerprint density at radius 2 is 1.53 bits per heavy atom. The van der Waals surface area contributed by atoms with Crippen molar-refractivity contribution >= 4 is 23.2 Å². The van der Waals surface area contributed by atoms with E-state index in [1.54, 1.807) is 6.07 Å². The Morgan fingerprint density at radius 1 is 0.867 bits per heavy atom. The second-order valence-corrected chi connectivity index (χ2v) is 4.33. The highest BCUT2D eigenvalue weighted by Gasteiger charge is 2.03. The van der Waals surface area contributed by atoms with Crippen molar-refractivity contribution < 1.29 is 0 Å². The Hall–Kier alpha value is -0.980. The SMILES string of the molecule is Cc1ccc(-c2ccc(Cl)cc2Cl)cc1. The third kappa shape index (κ3) is 2.34. The lowest BCUT2D eigenvalue weighted by Gasteiger charge is -2.05. The summed E-state index contributed by atoms with van der Waals surface area (Å²) in [6.45, 7) is 2.06. The van der Waals surface area contributed by atoms with Gasteiger partial charge in [-0.3, -0.25) is 0 Å². The number of hydrogen-bond donors (Lipinski definition) is 0. The summed E-state index contributed by atoms with van der Waals surface area (Å²) in [7, 11) is 0. The zero-order chi connectivity index (χ0) is 10.8. The van der Waals surface area contributed by atoms with Crippen LogP contribution in [0, 0.1) is 6.92 Å². The van der Waals surface area contributed by atoms with Crippen LogP contribution in [0.3, 0.4) is 0 Å². The first-order valence-electron chi connectivity index (χ1n) is 4.69. The molecule has 0 saturated heterocycles. The average molecular weight is 237 g/mol. The first-order valence-corrected chi connectivity index (χ1v) is 5.44. The molecule has 0 radical (unpaired) electrons. The quantitative estimate of drug-likeness (QED) is 0.656. The summed E-state index contributed by atoms with van der Waals surface area (Å²) in [6.07, 6.45) is 0. The van der Waals surface area contributed by atoms with Gasteiger partial charge in [0.25, 0.3) is 0 Å². The monoisotopic (exact) mass is 236 g/mol. The minimum absolute atomic E-state index is 0.663. The molecule has 15 heavy (non-hydrogen) atoms. The number of halogens is 2. The van der Waals surface area contributed by atoms with Crippen molar-refractivity contribution in [3.8, 4) is 11.1 Å². The lowest BCUT2D eigenvalue weighted by Crippen LogP contribution is -1.80. The van der Waals surface area contributed by atoms with Crippen LogP contribution in [0.4, 0.5) is 0 Å². The maximum absolute atomic E-state index is 6.12. The van der Waals surface area contributed by atoms with Crippen LogP contribution in [0.2, 0.25) is 10.0 Å². The van der Waals surface area contributed by atoms with Crippen molar-refractivity contribution in [3.05, 3.63) is 58.1 Å². The van der Waals surface area contributed by atoms with Gasteiger partial charge >= 0.3 is 0 Å². The fourth-order valence-corrected chi connectivity index (χ4v) is 1.97. The number of aryl methyl sites for hydroxylation is 1. The van der Waals surface area contributed by atoms with Crippen LogP contribution in [0.25, 0.3) is 11.1 Å². The van der Waals surface area contributed by atoms with Gasteiger partial charge in [-0.25, -0.2) is 0 Å². The molecule has 0 amide bonds. The zero-order valence-corrected chi connectivity index (χ0v) is 9.81. The largest absolute Gasteiger partial charge is 0.0843 e. The first-order chi connectivity index (χ1) is 7.16. The van der Waals surface area contributed by atoms with Gasteiger partial charge < -0.3 is 0 Å². The third-order valence-corrected chi connectivity index (χ3v) is 2.84. The van der Waals surface area contributed by atoms with Gasteiger partial charge in [0.2, 0.25) is 0 Å². The molecule has 0 fully saturated rings. The molecule has 0 aromatic heterocycles. The Bertz CT molecular complexity index is 472. The molecule has 2 aromatic rings. The van der Waals surface area contributed by atoms with Gasteiger partial charge in [0.1, 0.15) is 0 Å². The highest BCUT2D eigenvalue weighted by atomic mass is 35.5. The van der Waals surface area contributed by atoms with Crippen molar-refractivity contribution in [3.63, 3.8) is 0 Å². The fraction of sp³-hybridized carbons (Fsp3) is 0.0769. The van der Waals surface area contributed by atoms with E-state index < -0.39 is 0 Å². The Kier molecular flexibility index (Phi) is 2.99. The van der Waals surface area contributed by atoms with Crippen molar-refractivity contribution in [1.82, 2.24) is 0 Å². The van der Waals surface area contributed by atoms with Gasteiger partial charge in [-0.05, 0) is 24.6 Å². The molecule has 0 atom stereocenters. The summed E-state index contributed by atoms with van der Waals surface area (Å²) in [4.78, 5) is 0. The molecule has 2 aromatic carbocycles. The summed E-state index contributed by atoms with van der Waals surface area (Å²) < 4.78 is 0. The van der Waals surface area contributed by atoms with E-state index in [0.29, 0.717) is 10.0 Å². The zero-order valence-electron chi connectivity index (χ0n) is 8.30. The Morgan fingerprint density at radius 3 is 2.13 bits per heavy atom. The lowest BCUT2D eigenvalue weighted by atomic mass is 10.0. The van der Waals surface area contributed by atoms with E-state index in [2.05, 4.69) is 31.2 Å². The molecule has 76 valence electrons. The van der Waals surface area contributed by atoms with Crippen molar-refractivity contribution in [2.24, 2.45) is 0 Å². The molecule has 0 heterocycles. The second-order valence-electron chi connectivity index (χ2n) is 3.49. The van der Waals surface area contributed by atoms with Crippen LogP contribution in [-0.2, 0) is 0 Å². The molecule has 0 bridgehead atoms. The highest BCUT2D eigenvalue weighted by molar-refractivity contribution is 6.36. The van der Waals surface area contributed by atoms with E-state index in [-0.39, 0.29) is 0 Å². The molecule has 2 heteroatoms. The Balaban J connectivity index is 2.49. The summed E-state index contributed by atoms with van der Waals surface area (Å²) in [5.74, 6) is 0. The average Bonchev–Trinajstić information content (AvgIpc) is 2.20. The smallest absolute Gasteiger partial charge is 0.0499 e. The topological polar surface area (TPSA) is 0 Å². The molecule has 0 unspecified atom stereocenters. The second kappa shape index (κ2) is 4.26. The van der Waals surface area contributed by atoms with Crippen molar-refractivity contribution in [1.29, 1.82) is 0 Å². The van der Waals surface area contributed by atoms with Gasteiger partial charge in [0.15, 0.2) is 0 Å². The van der Waals surface area contributed by atoms with Crippen LogP contribution in [0.1, 0.15) is 5.56 Å². The first kappa shape index (κ1) is 10.5. The molecule has 0 aliphatic heterocycles. The van der Waals surface area contributed by atoms with Crippen molar-refractivity contribution in [2.75, 3.05) is 0 Å². The normalized spacial score (nSPS) is 10.3. The summed E-state index contributed by atoms with van der Waals surface area (Å²) in [6, 6.07) is 13.8. The summed E-state index contributed by atoms with van der Waals surface area (Å²) >= 11 is 12.0. The van der Waals surface area contributed by atoms with Crippen LogP contribution in [0.15, 0.2) is 42.5 Å². The minimum atomic E-state index is 0.663. The standard InChI is InChI=1S/C13H10Cl2/c1-9-2-4-10(5-3-9)12-7-6-11(14)8-13(12)15/h2-8H,1H3. The van der Waals surface area contributed by atoms with Gasteiger partial charge in [-0.15, -0.1) is 0 Å². The Labute approximate surface area is 99.5 Å². The molecule has 0 spiro atoms. The summed E-state index contributed by atoms with van der Waals surface area (Å²) in [5, 5.41) is 1.35. The maximum atomic E-state index is 6.12. The predicted octanol–water partition coefficient (Wildman–Crippen LogP) is 4.97. The van der Waals surface area contributed by atoms with Crippen molar-refractivity contribution in [2.45, 2.75) is 6.92 Å². The molecule has 0 aliphatic carbocycles. The molecule has 2 rings (SSSR count). The molecular formula is C13H10Cl2. The fourth-order valence-electron chi connectivity index (χ4n) is 1.46. The molecule has 0 nitrogen and oxygen atoms in total. The lowest BCUT2D eigenvalue weighted by molar-refractivity contribution is 1.47. The highest BCUT2D eigenvalue weighted by Crippen LogP contribution is 2.30. The number of hydrogen-bond acceptors (Lipinski definition) is 0. The maximum Gasteiger partial charge on any atom is 0.0499 e. The van der Waals surface area contributed by atoms with Gasteiger partial charge in [-0.2, -0.15) is 0 Å².